The zero-order chi connectivity index (χ0) is 9.97. The molecule has 0 saturated heterocycles. The maximum absolute atomic E-state index is 11.3. The Balaban J connectivity index is 2.14. The number of amides is 1. The lowest BCUT2D eigenvalue weighted by molar-refractivity contribution is 0.102. The van der Waals surface area contributed by atoms with Gasteiger partial charge in [0.15, 0.2) is 0 Å². The van der Waals surface area contributed by atoms with E-state index in [2.05, 4.69) is 30.5 Å². The van der Waals surface area contributed by atoms with E-state index in [9.17, 15) is 9.59 Å². The van der Waals surface area contributed by atoms with E-state index >= 15 is 0 Å². The summed E-state index contributed by atoms with van der Waals surface area (Å²) in [5, 5.41) is 8.39. The summed E-state index contributed by atoms with van der Waals surface area (Å²) in [4.78, 5) is 30.3. The number of nitrogens with zero attached hydrogens (tertiary/aromatic N) is 2. The Morgan fingerprint density at radius 1 is 1.50 bits per heavy atom. The Labute approximate surface area is 76.8 Å². The van der Waals surface area contributed by atoms with Crippen LogP contribution in [-0.4, -0.2) is 31.1 Å². The lowest BCUT2D eigenvalue weighted by Gasteiger charge is -1.96. The Bertz CT molecular complexity index is 480. The summed E-state index contributed by atoms with van der Waals surface area (Å²) in [6, 6.07) is 0. The van der Waals surface area contributed by atoms with Gasteiger partial charge in [0.05, 0.1) is 0 Å². The average Bonchev–Trinajstić information content (AvgIpc) is 2.75. The molecule has 2 aromatic rings. The molecule has 4 N–H and O–H groups in total. The van der Waals surface area contributed by atoms with E-state index in [1.54, 1.807) is 0 Å². The van der Waals surface area contributed by atoms with Gasteiger partial charge in [0.2, 0.25) is 5.95 Å². The zero-order valence-electron chi connectivity index (χ0n) is 6.87. The van der Waals surface area contributed by atoms with Crippen LogP contribution in [0.15, 0.2) is 17.3 Å². The molecule has 0 fully saturated rings. The molecule has 0 unspecified atom stereocenters. The van der Waals surface area contributed by atoms with Crippen LogP contribution in [0.25, 0.3) is 0 Å². The first kappa shape index (κ1) is 8.23. The van der Waals surface area contributed by atoms with Crippen molar-refractivity contribution in [1.82, 2.24) is 25.1 Å². The SMILES string of the molecule is O=C(Nc1ncn[nH]1)c1c[nH]c(=O)[nH]1. The number of imidazole rings is 1. The quantitative estimate of drug-likeness (QED) is 0.493. The predicted molar refractivity (Wildman–Crippen MR) is 45.7 cm³/mol. The van der Waals surface area contributed by atoms with E-state index in [1.807, 2.05) is 0 Å². The van der Waals surface area contributed by atoms with Crippen LogP contribution in [0.4, 0.5) is 5.95 Å². The Morgan fingerprint density at radius 2 is 2.36 bits per heavy atom. The minimum Gasteiger partial charge on any atom is -0.312 e. The summed E-state index contributed by atoms with van der Waals surface area (Å²) in [6.07, 6.45) is 2.53. The van der Waals surface area contributed by atoms with Crippen molar-refractivity contribution in [2.24, 2.45) is 0 Å². The summed E-state index contributed by atoms with van der Waals surface area (Å²) in [7, 11) is 0. The normalized spacial score (nSPS) is 10.0. The number of aromatic nitrogens is 5. The Morgan fingerprint density at radius 3 is 2.93 bits per heavy atom. The maximum atomic E-state index is 11.3. The number of carbonyl (C=O) groups excluding carboxylic acids is 1. The summed E-state index contributed by atoms with van der Waals surface area (Å²) >= 11 is 0. The minimum atomic E-state index is -0.472. The molecule has 0 atom stereocenters. The van der Waals surface area contributed by atoms with E-state index in [0.29, 0.717) is 0 Å². The molecule has 8 heteroatoms. The van der Waals surface area contributed by atoms with Crippen molar-refractivity contribution in [3.05, 3.63) is 28.7 Å². The molecule has 1 amide bonds. The molecule has 0 aromatic carbocycles. The van der Waals surface area contributed by atoms with Gasteiger partial charge in [-0.05, 0) is 0 Å². The lowest BCUT2D eigenvalue weighted by Crippen LogP contribution is -2.14. The molecule has 2 aromatic heterocycles. The highest BCUT2D eigenvalue weighted by atomic mass is 16.2. The molecule has 0 aliphatic rings. The average molecular weight is 194 g/mol. The second-order valence-electron chi connectivity index (χ2n) is 2.44. The highest BCUT2D eigenvalue weighted by molar-refractivity contribution is 6.01. The third-order valence-electron chi connectivity index (χ3n) is 1.49. The fourth-order valence-electron chi connectivity index (χ4n) is 0.895. The van der Waals surface area contributed by atoms with Crippen LogP contribution >= 0.6 is 0 Å². The lowest BCUT2D eigenvalue weighted by atomic mass is 10.4. The molecule has 14 heavy (non-hydrogen) atoms. The molecule has 0 aliphatic carbocycles. The number of aromatic amines is 3. The molecule has 8 nitrogen and oxygen atoms in total. The Kier molecular flexibility index (Phi) is 1.86. The molecule has 2 rings (SSSR count). The fraction of sp³-hybridized carbons (Fsp3) is 0. The summed E-state index contributed by atoms with van der Waals surface area (Å²) in [6.45, 7) is 0. The van der Waals surface area contributed by atoms with E-state index in [4.69, 9.17) is 0 Å². The van der Waals surface area contributed by atoms with Crippen LogP contribution in [0.1, 0.15) is 10.5 Å². The molecule has 0 aliphatic heterocycles. The highest BCUT2D eigenvalue weighted by Gasteiger charge is 2.08. The first-order chi connectivity index (χ1) is 6.75. The molecule has 72 valence electrons. The van der Waals surface area contributed by atoms with Gasteiger partial charge in [0.25, 0.3) is 5.91 Å². The summed E-state index contributed by atoms with van der Waals surface area (Å²) < 4.78 is 0. The van der Waals surface area contributed by atoms with Crippen LogP contribution in [0.5, 0.6) is 0 Å². The van der Waals surface area contributed by atoms with Crippen molar-refractivity contribution in [2.45, 2.75) is 0 Å². The maximum Gasteiger partial charge on any atom is 0.323 e. The zero-order valence-corrected chi connectivity index (χ0v) is 6.87. The fourth-order valence-corrected chi connectivity index (χ4v) is 0.895. The van der Waals surface area contributed by atoms with Crippen LogP contribution < -0.4 is 11.0 Å². The van der Waals surface area contributed by atoms with Crippen LogP contribution in [0, 0.1) is 0 Å². The first-order valence-corrected chi connectivity index (χ1v) is 3.70. The largest absolute Gasteiger partial charge is 0.323 e. The van der Waals surface area contributed by atoms with Crippen molar-refractivity contribution in [3.63, 3.8) is 0 Å². The van der Waals surface area contributed by atoms with E-state index in [1.165, 1.54) is 12.5 Å². The number of anilines is 1. The van der Waals surface area contributed by atoms with Crippen LogP contribution in [0.2, 0.25) is 0 Å². The standard InChI is InChI=1S/C6H6N6O2/c13-4(3-1-7-6(14)10-3)11-5-8-2-9-12-5/h1-2H,(H2,7,10,14)(H2,8,9,11,12,13). The first-order valence-electron chi connectivity index (χ1n) is 3.70. The van der Waals surface area contributed by atoms with Gasteiger partial charge in [-0.3, -0.25) is 10.1 Å². The van der Waals surface area contributed by atoms with Gasteiger partial charge in [0.1, 0.15) is 12.0 Å². The topological polar surface area (TPSA) is 119 Å². The summed E-state index contributed by atoms with van der Waals surface area (Å²) in [5.74, 6) is -0.253. The highest BCUT2D eigenvalue weighted by Crippen LogP contribution is 1.96. The number of carbonyl (C=O) groups is 1. The third-order valence-corrected chi connectivity index (χ3v) is 1.49. The van der Waals surface area contributed by atoms with Gasteiger partial charge in [0, 0.05) is 6.20 Å². The van der Waals surface area contributed by atoms with Crippen LogP contribution in [-0.2, 0) is 0 Å². The van der Waals surface area contributed by atoms with E-state index in [-0.39, 0.29) is 11.6 Å². The Hall–Kier alpha value is -2.38. The number of hydrogen-bond donors (Lipinski definition) is 4. The molecular formula is C6H6N6O2. The van der Waals surface area contributed by atoms with Crippen LogP contribution in [0.3, 0.4) is 0 Å². The second-order valence-corrected chi connectivity index (χ2v) is 2.44. The smallest absolute Gasteiger partial charge is 0.312 e. The second kappa shape index (κ2) is 3.17. The van der Waals surface area contributed by atoms with E-state index < -0.39 is 11.6 Å². The molecule has 0 bridgehead atoms. The van der Waals surface area contributed by atoms with Crippen molar-refractivity contribution in [3.8, 4) is 0 Å². The van der Waals surface area contributed by atoms with Gasteiger partial charge >= 0.3 is 5.69 Å². The predicted octanol–water partition coefficient (Wildman–Crippen LogP) is -0.927. The van der Waals surface area contributed by atoms with Gasteiger partial charge in [-0.25, -0.2) is 9.89 Å². The molecule has 0 spiro atoms. The summed E-state index contributed by atoms with van der Waals surface area (Å²) in [5.41, 5.74) is -0.306. The van der Waals surface area contributed by atoms with Crippen molar-refractivity contribution >= 4 is 11.9 Å². The van der Waals surface area contributed by atoms with Crippen molar-refractivity contribution in [2.75, 3.05) is 5.32 Å². The van der Waals surface area contributed by atoms with Gasteiger partial charge in [-0.15, -0.1) is 0 Å². The van der Waals surface area contributed by atoms with Gasteiger partial charge in [-0.2, -0.15) is 10.1 Å². The third kappa shape index (κ3) is 1.53. The number of hydrogen-bond acceptors (Lipinski definition) is 4. The van der Waals surface area contributed by atoms with E-state index in [0.717, 1.165) is 0 Å². The van der Waals surface area contributed by atoms with Crippen molar-refractivity contribution < 1.29 is 4.79 Å². The number of H-pyrrole nitrogens is 3. The van der Waals surface area contributed by atoms with Crippen molar-refractivity contribution in [1.29, 1.82) is 0 Å². The van der Waals surface area contributed by atoms with Gasteiger partial charge < -0.3 is 9.97 Å². The molecule has 0 saturated carbocycles. The molecule has 2 heterocycles. The monoisotopic (exact) mass is 194 g/mol. The molecular weight excluding hydrogens is 188 g/mol. The number of nitrogens with one attached hydrogen (secondary N) is 4. The minimum absolute atomic E-state index is 0.131. The number of rotatable bonds is 2. The van der Waals surface area contributed by atoms with Gasteiger partial charge in [-0.1, -0.05) is 0 Å². The molecule has 0 radical (unpaired) electrons.